The van der Waals surface area contributed by atoms with Crippen LogP contribution in [0.3, 0.4) is 0 Å². The highest BCUT2D eigenvalue weighted by atomic mass is 32.2. The second-order valence-corrected chi connectivity index (χ2v) is 8.41. The maximum Gasteiger partial charge on any atom is 0.219 e. The second-order valence-electron chi connectivity index (χ2n) is 5.07. The van der Waals surface area contributed by atoms with Crippen molar-refractivity contribution in [2.75, 3.05) is 37.9 Å². The summed E-state index contributed by atoms with van der Waals surface area (Å²) < 4.78 is 0. The molecule has 0 spiro atoms. The van der Waals surface area contributed by atoms with E-state index in [1.54, 1.807) is 0 Å². The van der Waals surface area contributed by atoms with Gasteiger partial charge in [-0.3, -0.25) is 4.79 Å². The Bertz CT molecular complexity index is 411. The molecule has 1 fully saturated rings. The van der Waals surface area contributed by atoms with E-state index in [4.69, 9.17) is 0 Å². The van der Waals surface area contributed by atoms with E-state index in [0.29, 0.717) is 10.9 Å². The topological polar surface area (TPSA) is 20.3 Å². The summed E-state index contributed by atoms with van der Waals surface area (Å²) in [6.07, 6.45) is 2.73. The van der Waals surface area contributed by atoms with Crippen molar-refractivity contribution in [1.82, 2.24) is 4.90 Å². The van der Waals surface area contributed by atoms with E-state index >= 15 is 0 Å². The monoisotopic (exact) mass is 296 g/mol. The lowest BCUT2D eigenvalue weighted by Crippen LogP contribution is -2.15. The molecule has 0 radical (unpaired) electrons. The molecule has 1 aliphatic rings. The van der Waals surface area contributed by atoms with Gasteiger partial charge in [-0.15, -0.1) is 0 Å². The van der Waals surface area contributed by atoms with Crippen molar-refractivity contribution in [2.45, 2.75) is 17.7 Å². The molecule has 1 aromatic rings. The molecule has 104 valence electrons. The van der Waals surface area contributed by atoms with E-state index in [1.807, 2.05) is 26.2 Å². The Morgan fingerprint density at radius 3 is 2.42 bits per heavy atom. The van der Waals surface area contributed by atoms with Gasteiger partial charge in [-0.25, -0.2) is 0 Å². The summed E-state index contributed by atoms with van der Waals surface area (Å²) in [4.78, 5) is 15.5. The van der Waals surface area contributed by atoms with Gasteiger partial charge in [0.25, 0.3) is 0 Å². The maximum absolute atomic E-state index is 12.0. The molecule has 0 amide bonds. The van der Waals surface area contributed by atoms with E-state index < -0.39 is 0 Å². The van der Waals surface area contributed by atoms with Gasteiger partial charge in [-0.2, -0.15) is 0 Å². The molecule has 0 unspecified atom stereocenters. The largest absolute Gasteiger partial charge is 0.309 e. The molecule has 0 saturated carbocycles. The van der Waals surface area contributed by atoms with E-state index in [1.165, 1.54) is 41.0 Å². The van der Waals surface area contributed by atoms with Crippen LogP contribution in [0.1, 0.15) is 23.2 Å². The molecule has 1 heterocycles. The average Bonchev–Trinajstić information content (AvgIpc) is 2.92. The standard InChI is InChI=1S/C15H22NOS2/c1-16(2)9-10-18-15(17)13-5-7-14(8-6-13)19-11-3-4-12-19/h5-8H,3-4,9-12H2,1-2H3/q+1. The SMILES string of the molecule is CN(C)CCSC(=O)c1ccc([S+]2CCCC2)cc1. The summed E-state index contributed by atoms with van der Waals surface area (Å²) in [5.74, 6) is 3.54. The lowest BCUT2D eigenvalue weighted by molar-refractivity contribution is 0.108. The number of nitrogens with zero attached hydrogens (tertiary/aromatic N) is 1. The molecule has 19 heavy (non-hydrogen) atoms. The Balaban J connectivity index is 1.88. The van der Waals surface area contributed by atoms with Crippen LogP contribution < -0.4 is 0 Å². The van der Waals surface area contributed by atoms with Crippen LogP contribution in [-0.4, -0.2) is 47.9 Å². The van der Waals surface area contributed by atoms with Crippen molar-refractivity contribution >= 4 is 27.8 Å². The van der Waals surface area contributed by atoms with Gasteiger partial charge in [0.05, 0.1) is 0 Å². The van der Waals surface area contributed by atoms with Crippen LogP contribution in [0.15, 0.2) is 29.2 Å². The first kappa shape index (κ1) is 14.9. The van der Waals surface area contributed by atoms with Crippen molar-refractivity contribution in [3.8, 4) is 0 Å². The number of rotatable bonds is 5. The minimum absolute atomic E-state index is 0.197. The number of hydrogen-bond acceptors (Lipinski definition) is 3. The Kier molecular flexibility index (Phi) is 5.79. The first-order chi connectivity index (χ1) is 9.16. The van der Waals surface area contributed by atoms with Gasteiger partial charge in [0.1, 0.15) is 11.5 Å². The summed E-state index contributed by atoms with van der Waals surface area (Å²) in [5.41, 5.74) is 0.843. The van der Waals surface area contributed by atoms with E-state index in [9.17, 15) is 4.79 Å². The zero-order valence-corrected chi connectivity index (χ0v) is 13.4. The number of carbonyl (C=O) groups is 1. The zero-order valence-electron chi connectivity index (χ0n) is 11.7. The third kappa shape index (κ3) is 4.55. The first-order valence-electron chi connectivity index (χ1n) is 6.76. The fraction of sp³-hybridized carbons (Fsp3) is 0.533. The van der Waals surface area contributed by atoms with Crippen molar-refractivity contribution in [1.29, 1.82) is 0 Å². The highest BCUT2D eigenvalue weighted by Crippen LogP contribution is 2.24. The highest BCUT2D eigenvalue weighted by molar-refractivity contribution is 8.14. The van der Waals surface area contributed by atoms with Crippen LogP contribution in [0.4, 0.5) is 0 Å². The highest BCUT2D eigenvalue weighted by Gasteiger charge is 2.26. The summed E-state index contributed by atoms with van der Waals surface area (Å²) in [7, 11) is 4.51. The lowest BCUT2D eigenvalue weighted by Gasteiger charge is -2.08. The number of benzene rings is 1. The Morgan fingerprint density at radius 1 is 1.21 bits per heavy atom. The maximum atomic E-state index is 12.0. The van der Waals surface area contributed by atoms with Gasteiger partial charge in [0.2, 0.25) is 5.12 Å². The lowest BCUT2D eigenvalue weighted by atomic mass is 10.2. The van der Waals surface area contributed by atoms with Crippen molar-refractivity contribution in [3.05, 3.63) is 29.8 Å². The van der Waals surface area contributed by atoms with Gasteiger partial charge in [-0.1, -0.05) is 11.8 Å². The van der Waals surface area contributed by atoms with Crippen LogP contribution in [0.2, 0.25) is 0 Å². The quantitative estimate of drug-likeness (QED) is 0.779. The molecule has 2 nitrogen and oxygen atoms in total. The molecule has 2 rings (SSSR count). The summed E-state index contributed by atoms with van der Waals surface area (Å²) in [5, 5.41) is 0.197. The Labute approximate surface area is 123 Å². The second kappa shape index (κ2) is 7.36. The summed E-state index contributed by atoms with van der Waals surface area (Å²) in [6.45, 7) is 0.942. The molecule has 0 aromatic heterocycles. The Morgan fingerprint density at radius 2 is 1.84 bits per heavy atom. The Hall–Kier alpha value is -0.450. The van der Waals surface area contributed by atoms with E-state index in [-0.39, 0.29) is 5.12 Å². The van der Waals surface area contributed by atoms with E-state index in [2.05, 4.69) is 17.0 Å². The van der Waals surface area contributed by atoms with Gasteiger partial charge >= 0.3 is 0 Å². The molecule has 0 atom stereocenters. The molecule has 0 bridgehead atoms. The smallest absolute Gasteiger partial charge is 0.219 e. The van der Waals surface area contributed by atoms with Crippen molar-refractivity contribution < 1.29 is 4.79 Å². The first-order valence-corrected chi connectivity index (χ1v) is 9.31. The average molecular weight is 296 g/mol. The van der Waals surface area contributed by atoms with Crippen LogP contribution >= 0.6 is 11.8 Å². The van der Waals surface area contributed by atoms with Crippen LogP contribution in [0.25, 0.3) is 0 Å². The van der Waals surface area contributed by atoms with Crippen LogP contribution in [0.5, 0.6) is 0 Å². The molecular weight excluding hydrogens is 274 g/mol. The number of hydrogen-bond donors (Lipinski definition) is 0. The van der Waals surface area contributed by atoms with Crippen molar-refractivity contribution in [2.24, 2.45) is 0 Å². The third-order valence-corrected chi connectivity index (χ3v) is 6.61. The fourth-order valence-corrected chi connectivity index (χ4v) is 5.32. The molecule has 4 heteroatoms. The van der Waals surface area contributed by atoms with Crippen molar-refractivity contribution in [3.63, 3.8) is 0 Å². The summed E-state index contributed by atoms with van der Waals surface area (Å²) in [6, 6.07) is 8.33. The summed E-state index contributed by atoms with van der Waals surface area (Å²) >= 11 is 1.42. The minimum atomic E-state index is 0.197. The molecule has 1 aromatic carbocycles. The van der Waals surface area contributed by atoms with Gasteiger partial charge in [0.15, 0.2) is 4.90 Å². The molecular formula is C15H22NOS2+. The normalized spacial score (nSPS) is 16.2. The van der Waals surface area contributed by atoms with Gasteiger partial charge in [0, 0.05) is 28.8 Å². The number of thioether (sulfide) groups is 1. The van der Waals surface area contributed by atoms with Gasteiger partial charge < -0.3 is 4.90 Å². The van der Waals surface area contributed by atoms with Crippen LogP contribution in [-0.2, 0) is 10.9 Å². The van der Waals surface area contributed by atoms with Gasteiger partial charge in [-0.05, 0) is 51.2 Å². The van der Waals surface area contributed by atoms with E-state index in [0.717, 1.165) is 17.9 Å². The minimum Gasteiger partial charge on any atom is -0.309 e. The fourth-order valence-electron chi connectivity index (χ4n) is 2.08. The molecule has 1 saturated heterocycles. The predicted octanol–water partition coefficient (Wildman–Crippen LogP) is 2.89. The third-order valence-electron chi connectivity index (χ3n) is 3.23. The molecule has 0 N–H and O–H groups in total. The molecule has 1 aliphatic heterocycles. The number of carbonyl (C=O) groups excluding carboxylic acids is 1. The predicted molar refractivity (Wildman–Crippen MR) is 86.4 cm³/mol. The van der Waals surface area contributed by atoms with Crippen LogP contribution in [0, 0.1) is 0 Å². The zero-order chi connectivity index (χ0) is 13.7. The molecule has 0 aliphatic carbocycles.